The van der Waals surface area contributed by atoms with Crippen molar-refractivity contribution in [3.63, 3.8) is 0 Å². The molecule has 0 saturated heterocycles. The Balaban J connectivity index is 2.47. The lowest BCUT2D eigenvalue weighted by molar-refractivity contribution is 0.376. The zero-order valence-corrected chi connectivity index (χ0v) is 10.6. The number of hydrogen-bond acceptors (Lipinski definition) is 1. The Kier molecular flexibility index (Phi) is 4.13. The number of methoxy groups -OCH3 is 1. The molecule has 0 atom stereocenters. The summed E-state index contributed by atoms with van der Waals surface area (Å²) < 4.78 is 70.5. The topological polar surface area (TPSA) is 9.23 Å². The molecule has 0 radical (unpaired) electrons. The van der Waals surface area contributed by atoms with Gasteiger partial charge in [0.05, 0.1) is 7.11 Å². The van der Waals surface area contributed by atoms with Crippen molar-refractivity contribution in [2.45, 2.75) is 0 Å². The summed E-state index contributed by atoms with van der Waals surface area (Å²) in [5, 5.41) is 0. The van der Waals surface area contributed by atoms with Gasteiger partial charge in [0.15, 0.2) is 23.3 Å². The summed E-state index contributed by atoms with van der Waals surface area (Å²) >= 11 is 0. The number of halogens is 5. The van der Waals surface area contributed by atoms with Crippen molar-refractivity contribution in [1.29, 1.82) is 0 Å². The molecule has 21 heavy (non-hydrogen) atoms. The molecule has 6 heteroatoms. The zero-order valence-electron chi connectivity index (χ0n) is 10.6. The van der Waals surface area contributed by atoms with Crippen LogP contribution in [0.15, 0.2) is 24.3 Å². The van der Waals surface area contributed by atoms with Gasteiger partial charge in [0, 0.05) is 5.56 Å². The van der Waals surface area contributed by atoms with Crippen molar-refractivity contribution in [2.75, 3.05) is 7.11 Å². The third kappa shape index (κ3) is 2.82. The van der Waals surface area contributed by atoms with Gasteiger partial charge < -0.3 is 4.74 Å². The van der Waals surface area contributed by atoms with Gasteiger partial charge >= 0.3 is 0 Å². The third-order valence-electron chi connectivity index (χ3n) is 2.63. The lowest BCUT2D eigenvalue weighted by Crippen LogP contribution is -2.04. The fourth-order valence-electron chi connectivity index (χ4n) is 1.52. The first-order chi connectivity index (χ1) is 9.95. The van der Waals surface area contributed by atoms with Gasteiger partial charge in [0.1, 0.15) is 11.3 Å². The average molecular weight is 298 g/mol. The summed E-state index contributed by atoms with van der Waals surface area (Å²) in [4.78, 5) is 0. The molecule has 0 fully saturated rings. The summed E-state index contributed by atoms with van der Waals surface area (Å²) in [6.45, 7) is 0. The first-order valence-electron chi connectivity index (χ1n) is 5.63. The highest BCUT2D eigenvalue weighted by Crippen LogP contribution is 2.22. The fourth-order valence-corrected chi connectivity index (χ4v) is 1.52. The molecule has 0 N–H and O–H groups in total. The van der Waals surface area contributed by atoms with Gasteiger partial charge in [-0.05, 0) is 24.3 Å². The van der Waals surface area contributed by atoms with Gasteiger partial charge in [0.2, 0.25) is 5.82 Å². The number of hydrogen-bond donors (Lipinski definition) is 0. The van der Waals surface area contributed by atoms with Gasteiger partial charge in [-0.1, -0.05) is 11.8 Å². The summed E-state index contributed by atoms with van der Waals surface area (Å²) in [5.74, 6) is -5.33. The molecule has 0 spiro atoms. The standard InChI is InChI=1S/C15H7F5O/c1-21-9-5-2-8(3-6-9)4-7-10-11(16)13(18)15(20)14(19)12(10)17/h2-3,5-6H,1H3. The first-order valence-corrected chi connectivity index (χ1v) is 5.63. The van der Waals surface area contributed by atoms with E-state index >= 15 is 0 Å². The second kappa shape index (κ2) is 5.83. The van der Waals surface area contributed by atoms with E-state index < -0.39 is 34.6 Å². The third-order valence-corrected chi connectivity index (χ3v) is 2.63. The molecule has 0 unspecified atom stereocenters. The van der Waals surface area contributed by atoms with Crippen LogP contribution in [0.25, 0.3) is 0 Å². The number of benzene rings is 2. The Bertz CT molecular complexity index is 712. The molecule has 108 valence electrons. The van der Waals surface area contributed by atoms with Crippen molar-refractivity contribution < 1.29 is 26.7 Å². The molecule has 1 nitrogen and oxygen atoms in total. The van der Waals surface area contributed by atoms with E-state index in [1.807, 2.05) is 5.92 Å². The van der Waals surface area contributed by atoms with Gasteiger partial charge in [-0.15, -0.1) is 0 Å². The maximum absolute atomic E-state index is 13.4. The van der Waals surface area contributed by atoms with Crippen LogP contribution in [0, 0.1) is 40.9 Å². The van der Waals surface area contributed by atoms with Crippen LogP contribution >= 0.6 is 0 Å². The minimum absolute atomic E-state index is 0.333. The summed E-state index contributed by atoms with van der Waals surface area (Å²) in [7, 11) is 1.45. The predicted molar refractivity (Wildman–Crippen MR) is 65.2 cm³/mol. The Labute approximate surface area is 117 Å². The SMILES string of the molecule is COc1ccc(C#Cc2c(F)c(F)c(F)c(F)c2F)cc1. The normalized spacial score (nSPS) is 10.0. The molecule has 0 amide bonds. The van der Waals surface area contributed by atoms with Crippen molar-refractivity contribution in [3.05, 3.63) is 64.5 Å². The molecule has 0 saturated carbocycles. The first kappa shape index (κ1) is 14.9. The fraction of sp³-hybridized carbons (Fsp3) is 0.0667. The minimum Gasteiger partial charge on any atom is -0.497 e. The van der Waals surface area contributed by atoms with Gasteiger partial charge in [0.25, 0.3) is 0 Å². The van der Waals surface area contributed by atoms with E-state index in [2.05, 4.69) is 5.92 Å². The smallest absolute Gasteiger partial charge is 0.200 e. The molecule has 0 aliphatic rings. The molecular weight excluding hydrogens is 291 g/mol. The van der Waals surface area contributed by atoms with Crippen molar-refractivity contribution >= 4 is 0 Å². The van der Waals surface area contributed by atoms with Gasteiger partial charge in [-0.25, -0.2) is 22.0 Å². The van der Waals surface area contributed by atoms with Crippen LogP contribution in [0.2, 0.25) is 0 Å². The highest BCUT2D eigenvalue weighted by Gasteiger charge is 2.24. The van der Waals surface area contributed by atoms with E-state index in [9.17, 15) is 22.0 Å². The second-order valence-corrected chi connectivity index (χ2v) is 3.92. The molecule has 0 aromatic heterocycles. The molecule has 0 heterocycles. The molecule has 2 rings (SSSR count). The van der Waals surface area contributed by atoms with E-state index in [-0.39, 0.29) is 0 Å². The van der Waals surface area contributed by atoms with Crippen LogP contribution in [0.1, 0.15) is 11.1 Å². The Morgan fingerprint density at radius 2 is 1.19 bits per heavy atom. The highest BCUT2D eigenvalue weighted by molar-refractivity contribution is 5.45. The average Bonchev–Trinajstić information content (AvgIpc) is 2.51. The molecule has 0 bridgehead atoms. The van der Waals surface area contributed by atoms with Gasteiger partial charge in [-0.3, -0.25) is 0 Å². The Morgan fingerprint density at radius 1 is 0.714 bits per heavy atom. The molecule has 0 aliphatic carbocycles. The summed E-state index contributed by atoms with van der Waals surface area (Å²) in [6.07, 6.45) is 0. The van der Waals surface area contributed by atoms with Crippen LogP contribution in [0.3, 0.4) is 0 Å². The van der Waals surface area contributed by atoms with Crippen molar-refractivity contribution in [1.82, 2.24) is 0 Å². The largest absolute Gasteiger partial charge is 0.497 e. The van der Waals surface area contributed by atoms with Crippen molar-refractivity contribution in [3.8, 4) is 17.6 Å². The monoisotopic (exact) mass is 298 g/mol. The maximum Gasteiger partial charge on any atom is 0.200 e. The number of rotatable bonds is 1. The molecule has 0 aliphatic heterocycles. The van der Waals surface area contributed by atoms with E-state index in [0.29, 0.717) is 11.3 Å². The van der Waals surface area contributed by atoms with Crippen LogP contribution in [0.5, 0.6) is 5.75 Å². The van der Waals surface area contributed by atoms with Crippen LogP contribution < -0.4 is 4.74 Å². The Morgan fingerprint density at radius 3 is 1.67 bits per heavy atom. The van der Waals surface area contributed by atoms with Gasteiger partial charge in [-0.2, -0.15) is 0 Å². The predicted octanol–water partition coefficient (Wildman–Crippen LogP) is 3.79. The molecule has 2 aromatic carbocycles. The van der Waals surface area contributed by atoms with E-state index in [1.165, 1.54) is 19.2 Å². The lowest BCUT2D eigenvalue weighted by Gasteiger charge is -2.02. The number of ether oxygens (including phenoxy) is 1. The quantitative estimate of drug-likeness (QED) is 0.337. The van der Waals surface area contributed by atoms with E-state index in [4.69, 9.17) is 4.74 Å². The minimum atomic E-state index is -2.21. The zero-order chi connectivity index (χ0) is 15.6. The Hall–Kier alpha value is -2.55. The van der Waals surface area contributed by atoms with E-state index in [1.54, 1.807) is 12.1 Å². The second-order valence-electron chi connectivity index (χ2n) is 3.92. The lowest BCUT2D eigenvalue weighted by atomic mass is 10.1. The molecule has 2 aromatic rings. The van der Waals surface area contributed by atoms with Crippen LogP contribution in [-0.4, -0.2) is 7.11 Å². The maximum atomic E-state index is 13.4. The van der Waals surface area contributed by atoms with E-state index in [0.717, 1.165) is 0 Å². The van der Waals surface area contributed by atoms with Crippen LogP contribution in [0.4, 0.5) is 22.0 Å². The van der Waals surface area contributed by atoms with Crippen LogP contribution in [-0.2, 0) is 0 Å². The molecular formula is C15H7F5O. The summed E-state index contributed by atoms with van der Waals surface area (Å²) in [6, 6.07) is 6.06. The van der Waals surface area contributed by atoms with Crippen molar-refractivity contribution in [2.24, 2.45) is 0 Å². The highest BCUT2D eigenvalue weighted by atomic mass is 19.2. The summed E-state index contributed by atoms with van der Waals surface area (Å²) in [5.41, 5.74) is -0.832.